The van der Waals surface area contributed by atoms with E-state index in [1.165, 1.54) is 24.5 Å². The molecule has 0 spiro atoms. The van der Waals surface area contributed by atoms with E-state index in [1.54, 1.807) is 6.92 Å². The number of nitrogens with zero attached hydrogens (tertiary/aromatic N) is 1. The zero-order chi connectivity index (χ0) is 13.3. The molecule has 1 heterocycles. The topological polar surface area (TPSA) is 98.2 Å². The van der Waals surface area contributed by atoms with Gasteiger partial charge in [-0.1, -0.05) is 16.8 Å². The van der Waals surface area contributed by atoms with Crippen molar-refractivity contribution < 1.29 is 12.9 Å². The van der Waals surface area contributed by atoms with Crippen molar-refractivity contribution in [1.29, 1.82) is 0 Å². The van der Waals surface area contributed by atoms with Crippen molar-refractivity contribution in [1.82, 2.24) is 5.16 Å². The zero-order valence-electron chi connectivity index (χ0n) is 9.34. The average molecular weight is 288 g/mol. The second-order valence-corrected chi connectivity index (χ2v) is 5.69. The molecule has 6 nitrogen and oxygen atoms in total. The fourth-order valence-corrected chi connectivity index (χ4v) is 2.60. The van der Waals surface area contributed by atoms with Crippen LogP contribution in [0.15, 0.2) is 33.9 Å². The van der Waals surface area contributed by atoms with Crippen LogP contribution in [0.5, 0.6) is 0 Å². The van der Waals surface area contributed by atoms with Crippen molar-refractivity contribution >= 4 is 33.1 Å². The number of nitrogen functional groups attached to an aromatic ring is 1. The first-order valence-electron chi connectivity index (χ1n) is 4.89. The van der Waals surface area contributed by atoms with E-state index in [0.717, 1.165) is 0 Å². The molecule has 2 aromatic rings. The number of aromatic nitrogens is 1. The summed E-state index contributed by atoms with van der Waals surface area (Å²) in [5, 5.41) is 3.81. The van der Waals surface area contributed by atoms with Gasteiger partial charge in [-0.05, 0) is 24.6 Å². The van der Waals surface area contributed by atoms with Crippen LogP contribution in [0.4, 0.5) is 11.5 Å². The van der Waals surface area contributed by atoms with Gasteiger partial charge in [-0.25, -0.2) is 8.42 Å². The lowest BCUT2D eigenvalue weighted by molar-refractivity contribution is 0.423. The highest BCUT2D eigenvalue weighted by Gasteiger charge is 2.18. The van der Waals surface area contributed by atoms with Gasteiger partial charge in [0.2, 0.25) is 0 Å². The van der Waals surface area contributed by atoms with Gasteiger partial charge >= 0.3 is 0 Å². The van der Waals surface area contributed by atoms with Gasteiger partial charge in [0.15, 0.2) is 5.82 Å². The number of hydrogen-bond donors (Lipinski definition) is 2. The number of anilines is 2. The number of nitrogens with two attached hydrogens (primary N) is 1. The Labute approximate surface area is 109 Å². The molecule has 3 N–H and O–H groups in total. The quantitative estimate of drug-likeness (QED) is 0.842. The van der Waals surface area contributed by atoms with E-state index in [9.17, 15) is 8.42 Å². The second kappa shape index (κ2) is 4.51. The molecular weight excluding hydrogens is 278 g/mol. The van der Waals surface area contributed by atoms with Gasteiger partial charge in [0.05, 0.1) is 15.6 Å². The highest BCUT2D eigenvalue weighted by Crippen LogP contribution is 2.27. The summed E-state index contributed by atoms with van der Waals surface area (Å²) in [5.41, 5.74) is 6.42. The van der Waals surface area contributed by atoms with Crippen molar-refractivity contribution in [2.24, 2.45) is 0 Å². The summed E-state index contributed by atoms with van der Waals surface area (Å²) in [4.78, 5) is 0.0184. The van der Waals surface area contributed by atoms with Crippen LogP contribution in [0.3, 0.4) is 0 Å². The largest absolute Gasteiger partial charge is 0.397 e. The molecule has 0 fully saturated rings. The predicted molar refractivity (Wildman–Crippen MR) is 67.9 cm³/mol. The fraction of sp³-hybridized carbons (Fsp3) is 0.100. The van der Waals surface area contributed by atoms with E-state index in [2.05, 4.69) is 14.4 Å². The summed E-state index contributed by atoms with van der Waals surface area (Å²) in [5.74, 6) is 0.0983. The minimum Gasteiger partial charge on any atom is -0.397 e. The maximum absolute atomic E-state index is 12.0. The molecule has 0 aliphatic rings. The SMILES string of the molecule is Cc1cc(S(=O)(=O)Nc2ccon2)cc(N)c1Cl. The third-order valence-corrected chi connectivity index (χ3v) is 4.09. The molecule has 0 aliphatic heterocycles. The lowest BCUT2D eigenvalue weighted by Crippen LogP contribution is -2.13. The Balaban J connectivity index is 2.42. The highest BCUT2D eigenvalue weighted by atomic mass is 35.5. The molecule has 0 amide bonds. The van der Waals surface area contributed by atoms with E-state index in [-0.39, 0.29) is 16.4 Å². The van der Waals surface area contributed by atoms with Gasteiger partial charge in [0, 0.05) is 6.07 Å². The van der Waals surface area contributed by atoms with E-state index in [1.807, 2.05) is 0 Å². The Bertz CT molecular complexity index is 645. The molecule has 1 aromatic heterocycles. The van der Waals surface area contributed by atoms with Crippen molar-refractivity contribution in [2.75, 3.05) is 10.5 Å². The normalized spacial score (nSPS) is 11.4. The van der Waals surface area contributed by atoms with E-state index in [4.69, 9.17) is 17.3 Å². The van der Waals surface area contributed by atoms with Crippen LogP contribution in [0.1, 0.15) is 5.56 Å². The summed E-state index contributed by atoms with van der Waals surface area (Å²) in [7, 11) is -3.76. The van der Waals surface area contributed by atoms with Gasteiger partial charge in [-0.15, -0.1) is 0 Å². The minimum atomic E-state index is -3.76. The molecule has 0 unspecified atom stereocenters. The molecule has 0 saturated carbocycles. The Morgan fingerprint density at radius 3 is 2.72 bits per heavy atom. The Morgan fingerprint density at radius 1 is 1.44 bits per heavy atom. The second-order valence-electron chi connectivity index (χ2n) is 3.63. The lowest BCUT2D eigenvalue weighted by Gasteiger charge is -2.08. The zero-order valence-corrected chi connectivity index (χ0v) is 10.9. The molecule has 0 bridgehead atoms. The highest BCUT2D eigenvalue weighted by molar-refractivity contribution is 7.92. The van der Waals surface area contributed by atoms with Crippen LogP contribution in [-0.4, -0.2) is 13.6 Å². The van der Waals surface area contributed by atoms with Crippen LogP contribution >= 0.6 is 11.6 Å². The third-order valence-electron chi connectivity index (χ3n) is 2.24. The Kier molecular flexibility index (Phi) is 3.18. The van der Waals surface area contributed by atoms with Crippen LogP contribution in [0, 0.1) is 6.92 Å². The molecule has 2 rings (SSSR count). The number of halogens is 1. The molecule has 0 aliphatic carbocycles. The minimum absolute atomic E-state index is 0.0184. The maximum Gasteiger partial charge on any atom is 0.263 e. The van der Waals surface area contributed by atoms with Crippen molar-refractivity contribution in [3.8, 4) is 0 Å². The summed E-state index contributed by atoms with van der Waals surface area (Å²) in [6.07, 6.45) is 1.26. The van der Waals surface area contributed by atoms with Gasteiger partial charge in [0.25, 0.3) is 10.0 Å². The fourth-order valence-electron chi connectivity index (χ4n) is 1.38. The first-order chi connectivity index (χ1) is 8.40. The lowest BCUT2D eigenvalue weighted by atomic mass is 10.2. The van der Waals surface area contributed by atoms with E-state index >= 15 is 0 Å². The third kappa shape index (κ3) is 2.41. The monoisotopic (exact) mass is 287 g/mol. The van der Waals surface area contributed by atoms with Crippen molar-refractivity contribution in [2.45, 2.75) is 11.8 Å². The first-order valence-corrected chi connectivity index (χ1v) is 6.75. The summed E-state index contributed by atoms with van der Waals surface area (Å²) in [6.45, 7) is 1.67. The number of sulfonamides is 1. The standard InChI is InChI=1S/C10H10ClN3O3S/c1-6-4-7(5-8(12)10(6)11)18(15,16)14-9-2-3-17-13-9/h2-5H,12H2,1H3,(H,13,14). The molecule has 96 valence electrons. The van der Waals surface area contributed by atoms with E-state index < -0.39 is 10.0 Å². The van der Waals surface area contributed by atoms with Crippen LogP contribution in [0.2, 0.25) is 5.02 Å². The van der Waals surface area contributed by atoms with Crippen LogP contribution in [0.25, 0.3) is 0 Å². The van der Waals surface area contributed by atoms with Crippen LogP contribution < -0.4 is 10.5 Å². The van der Waals surface area contributed by atoms with Gasteiger partial charge in [-0.3, -0.25) is 4.72 Å². The summed E-state index contributed by atoms with van der Waals surface area (Å²) >= 11 is 5.87. The predicted octanol–water partition coefficient (Wildman–Crippen LogP) is 2.02. The average Bonchev–Trinajstić information content (AvgIpc) is 2.77. The smallest absolute Gasteiger partial charge is 0.263 e. The maximum atomic E-state index is 12.0. The molecule has 0 atom stereocenters. The van der Waals surface area contributed by atoms with Gasteiger partial charge in [0.1, 0.15) is 6.26 Å². The number of aryl methyl sites for hydroxylation is 1. The number of hydrogen-bond acceptors (Lipinski definition) is 5. The summed E-state index contributed by atoms with van der Waals surface area (Å²) in [6, 6.07) is 4.11. The Hall–Kier alpha value is -1.73. The number of rotatable bonds is 3. The molecule has 1 aromatic carbocycles. The molecule has 0 radical (unpaired) electrons. The molecule has 18 heavy (non-hydrogen) atoms. The number of benzene rings is 1. The molecule has 0 saturated heterocycles. The number of nitrogens with one attached hydrogen (secondary N) is 1. The molecular formula is C10H10ClN3O3S. The van der Waals surface area contributed by atoms with Gasteiger partial charge < -0.3 is 10.3 Å². The van der Waals surface area contributed by atoms with Crippen molar-refractivity contribution in [3.63, 3.8) is 0 Å². The van der Waals surface area contributed by atoms with Gasteiger partial charge in [-0.2, -0.15) is 0 Å². The van der Waals surface area contributed by atoms with E-state index in [0.29, 0.717) is 10.6 Å². The Morgan fingerprint density at radius 2 is 2.17 bits per heavy atom. The molecule has 8 heteroatoms. The van der Waals surface area contributed by atoms with Crippen LogP contribution in [-0.2, 0) is 10.0 Å². The van der Waals surface area contributed by atoms with Crippen molar-refractivity contribution in [3.05, 3.63) is 35.0 Å². The summed E-state index contributed by atoms with van der Waals surface area (Å²) < 4.78 is 30.8. The first kappa shape index (κ1) is 12.7.